The number of furan rings is 1. The quantitative estimate of drug-likeness (QED) is 0.485. The highest BCUT2D eigenvalue weighted by molar-refractivity contribution is 5.81. The second-order valence-corrected chi connectivity index (χ2v) is 6.83. The van der Waals surface area contributed by atoms with Gasteiger partial charge in [-0.25, -0.2) is 4.98 Å². The third-order valence-electron chi connectivity index (χ3n) is 4.89. The standard InChI is InChI=1S/C23H23N3O4/c1-28-20-10-9-16(12-21(20)29-2)13-22-25-18-7-3-4-8-19(18)26(22)15-23(27)24-14-17-6-5-11-30-17/h3-12H,13-15H2,1-2H3,(H,24,27). The van der Waals surface area contributed by atoms with Crippen LogP contribution in [0.4, 0.5) is 0 Å². The molecule has 0 unspecified atom stereocenters. The van der Waals surface area contributed by atoms with Gasteiger partial charge in [-0.3, -0.25) is 4.79 Å². The van der Waals surface area contributed by atoms with Gasteiger partial charge in [-0.15, -0.1) is 0 Å². The predicted octanol–water partition coefficient (Wildman–Crippen LogP) is 3.55. The minimum absolute atomic E-state index is 0.108. The third-order valence-corrected chi connectivity index (χ3v) is 4.89. The molecular weight excluding hydrogens is 382 g/mol. The molecule has 0 aliphatic heterocycles. The van der Waals surface area contributed by atoms with E-state index in [9.17, 15) is 4.79 Å². The number of carbonyl (C=O) groups is 1. The molecule has 2 aromatic carbocycles. The van der Waals surface area contributed by atoms with Gasteiger partial charge in [0.2, 0.25) is 5.91 Å². The normalized spacial score (nSPS) is 10.9. The zero-order valence-electron chi connectivity index (χ0n) is 16.9. The van der Waals surface area contributed by atoms with E-state index < -0.39 is 0 Å². The first-order valence-corrected chi connectivity index (χ1v) is 9.62. The molecule has 4 aromatic rings. The molecular formula is C23H23N3O4. The van der Waals surface area contributed by atoms with E-state index in [-0.39, 0.29) is 12.5 Å². The Morgan fingerprint density at radius 1 is 1.07 bits per heavy atom. The molecule has 0 atom stereocenters. The largest absolute Gasteiger partial charge is 0.493 e. The van der Waals surface area contributed by atoms with Crippen molar-refractivity contribution in [2.45, 2.75) is 19.5 Å². The van der Waals surface area contributed by atoms with Crippen molar-refractivity contribution in [1.82, 2.24) is 14.9 Å². The number of ether oxygens (including phenoxy) is 2. The molecule has 0 radical (unpaired) electrons. The highest BCUT2D eigenvalue weighted by Gasteiger charge is 2.15. The molecule has 0 spiro atoms. The Kier molecular flexibility index (Phi) is 5.70. The maximum atomic E-state index is 12.6. The summed E-state index contributed by atoms with van der Waals surface area (Å²) in [6.45, 7) is 0.521. The Balaban J connectivity index is 1.59. The minimum atomic E-state index is -0.108. The van der Waals surface area contributed by atoms with Crippen LogP contribution in [0, 0.1) is 0 Å². The number of rotatable bonds is 8. The number of nitrogens with one attached hydrogen (secondary N) is 1. The fourth-order valence-corrected chi connectivity index (χ4v) is 3.41. The number of para-hydroxylation sites is 2. The average molecular weight is 405 g/mol. The van der Waals surface area contributed by atoms with Crippen molar-refractivity contribution in [2.75, 3.05) is 14.2 Å². The molecule has 0 saturated heterocycles. The lowest BCUT2D eigenvalue weighted by Crippen LogP contribution is -2.27. The Labute approximate surface area is 174 Å². The number of benzene rings is 2. The fourth-order valence-electron chi connectivity index (χ4n) is 3.41. The van der Waals surface area contributed by atoms with Crippen LogP contribution in [-0.2, 0) is 24.3 Å². The number of aromatic nitrogens is 2. The summed E-state index contributed by atoms with van der Waals surface area (Å²) < 4.78 is 18.0. The lowest BCUT2D eigenvalue weighted by Gasteiger charge is -2.12. The van der Waals surface area contributed by atoms with Crippen LogP contribution in [0.3, 0.4) is 0 Å². The zero-order valence-corrected chi connectivity index (χ0v) is 16.9. The number of nitrogens with zero attached hydrogens (tertiary/aromatic N) is 2. The summed E-state index contributed by atoms with van der Waals surface area (Å²) in [7, 11) is 3.22. The van der Waals surface area contributed by atoms with Gasteiger partial charge in [0, 0.05) is 6.42 Å². The van der Waals surface area contributed by atoms with E-state index in [2.05, 4.69) is 5.32 Å². The van der Waals surface area contributed by atoms with Crippen LogP contribution in [0.5, 0.6) is 11.5 Å². The van der Waals surface area contributed by atoms with Crippen LogP contribution >= 0.6 is 0 Å². The molecule has 0 aliphatic carbocycles. The minimum Gasteiger partial charge on any atom is -0.493 e. The van der Waals surface area contributed by atoms with Crippen molar-refractivity contribution >= 4 is 16.9 Å². The summed E-state index contributed by atoms with van der Waals surface area (Å²) in [6.07, 6.45) is 2.15. The molecule has 4 rings (SSSR count). The molecule has 0 aliphatic rings. The van der Waals surface area contributed by atoms with Crippen molar-refractivity contribution in [3.63, 3.8) is 0 Å². The average Bonchev–Trinajstić information content (AvgIpc) is 3.40. The molecule has 154 valence electrons. The maximum Gasteiger partial charge on any atom is 0.240 e. The van der Waals surface area contributed by atoms with Crippen LogP contribution in [0.15, 0.2) is 65.3 Å². The summed E-state index contributed by atoms with van der Waals surface area (Å²) in [5.74, 6) is 2.74. The van der Waals surface area contributed by atoms with Crippen LogP contribution in [0.1, 0.15) is 17.1 Å². The van der Waals surface area contributed by atoms with Crippen molar-refractivity contribution < 1.29 is 18.7 Å². The van der Waals surface area contributed by atoms with Gasteiger partial charge in [-0.05, 0) is 42.0 Å². The maximum absolute atomic E-state index is 12.6. The molecule has 0 saturated carbocycles. The first-order chi connectivity index (χ1) is 14.7. The van der Waals surface area contributed by atoms with Gasteiger partial charge in [0.15, 0.2) is 11.5 Å². The Hall–Kier alpha value is -3.74. The monoisotopic (exact) mass is 405 g/mol. The lowest BCUT2D eigenvalue weighted by molar-refractivity contribution is -0.121. The number of hydrogen-bond acceptors (Lipinski definition) is 5. The molecule has 7 nitrogen and oxygen atoms in total. The zero-order chi connectivity index (χ0) is 20.9. The third kappa shape index (κ3) is 4.15. The Morgan fingerprint density at radius 3 is 2.67 bits per heavy atom. The van der Waals surface area contributed by atoms with Gasteiger partial charge in [0.1, 0.15) is 18.1 Å². The van der Waals surface area contributed by atoms with E-state index >= 15 is 0 Å². The van der Waals surface area contributed by atoms with E-state index in [1.54, 1.807) is 26.5 Å². The molecule has 1 amide bonds. The van der Waals surface area contributed by atoms with E-state index in [1.165, 1.54) is 0 Å². The highest BCUT2D eigenvalue weighted by atomic mass is 16.5. The molecule has 30 heavy (non-hydrogen) atoms. The summed E-state index contributed by atoms with van der Waals surface area (Å²) >= 11 is 0. The molecule has 0 fully saturated rings. The van der Waals surface area contributed by atoms with Crippen molar-refractivity contribution in [3.05, 3.63) is 78.0 Å². The van der Waals surface area contributed by atoms with Crippen molar-refractivity contribution in [1.29, 1.82) is 0 Å². The second kappa shape index (κ2) is 8.73. The summed E-state index contributed by atoms with van der Waals surface area (Å²) in [4.78, 5) is 17.4. The van der Waals surface area contributed by atoms with E-state index in [1.807, 2.05) is 53.1 Å². The number of methoxy groups -OCH3 is 2. The number of amides is 1. The van der Waals surface area contributed by atoms with Gasteiger partial charge in [0.25, 0.3) is 0 Å². The van der Waals surface area contributed by atoms with Gasteiger partial charge in [0.05, 0.1) is 38.1 Å². The lowest BCUT2D eigenvalue weighted by atomic mass is 10.1. The van der Waals surface area contributed by atoms with Crippen LogP contribution in [-0.4, -0.2) is 29.7 Å². The molecule has 1 N–H and O–H groups in total. The van der Waals surface area contributed by atoms with Crippen LogP contribution in [0.2, 0.25) is 0 Å². The number of carbonyl (C=O) groups excluding carboxylic acids is 1. The van der Waals surface area contributed by atoms with E-state index in [4.69, 9.17) is 18.9 Å². The Morgan fingerprint density at radius 2 is 1.90 bits per heavy atom. The molecule has 7 heteroatoms. The van der Waals surface area contributed by atoms with Crippen LogP contribution < -0.4 is 14.8 Å². The summed E-state index contributed by atoms with van der Waals surface area (Å²) in [6, 6.07) is 17.2. The summed E-state index contributed by atoms with van der Waals surface area (Å²) in [5, 5.41) is 2.89. The number of fused-ring (bicyclic) bond motifs is 1. The fraction of sp³-hybridized carbons (Fsp3) is 0.217. The molecule has 2 aromatic heterocycles. The first kappa shape index (κ1) is 19.6. The van der Waals surface area contributed by atoms with Crippen molar-refractivity contribution in [2.24, 2.45) is 0 Å². The van der Waals surface area contributed by atoms with Crippen molar-refractivity contribution in [3.8, 4) is 11.5 Å². The van der Waals surface area contributed by atoms with Gasteiger partial charge in [-0.1, -0.05) is 18.2 Å². The first-order valence-electron chi connectivity index (χ1n) is 9.62. The number of hydrogen-bond donors (Lipinski definition) is 1. The SMILES string of the molecule is COc1ccc(Cc2nc3ccccc3n2CC(=O)NCc2ccco2)cc1OC. The van der Waals surface area contributed by atoms with E-state index in [0.717, 1.165) is 22.4 Å². The molecule has 0 bridgehead atoms. The highest BCUT2D eigenvalue weighted by Crippen LogP contribution is 2.29. The van der Waals surface area contributed by atoms with E-state index in [0.29, 0.717) is 30.2 Å². The topological polar surface area (TPSA) is 78.5 Å². The smallest absolute Gasteiger partial charge is 0.240 e. The van der Waals surface area contributed by atoms with Crippen LogP contribution in [0.25, 0.3) is 11.0 Å². The molecule has 2 heterocycles. The van der Waals surface area contributed by atoms with Gasteiger partial charge in [-0.2, -0.15) is 0 Å². The second-order valence-electron chi connectivity index (χ2n) is 6.83. The van der Waals surface area contributed by atoms with Gasteiger partial charge >= 0.3 is 0 Å². The van der Waals surface area contributed by atoms with Gasteiger partial charge < -0.3 is 23.8 Å². The Bertz CT molecular complexity index is 1150. The summed E-state index contributed by atoms with van der Waals surface area (Å²) in [5.41, 5.74) is 2.79. The predicted molar refractivity (Wildman–Crippen MR) is 113 cm³/mol. The number of imidazole rings is 1.